The van der Waals surface area contributed by atoms with Crippen molar-refractivity contribution in [3.63, 3.8) is 0 Å². The summed E-state index contributed by atoms with van der Waals surface area (Å²) in [5.41, 5.74) is 5.18. The summed E-state index contributed by atoms with van der Waals surface area (Å²) in [5, 5.41) is 1.43. The lowest BCUT2D eigenvalue weighted by molar-refractivity contribution is 0.100. The Morgan fingerprint density at radius 2 is 2.17 bits per heavy atom. The van der Waals surface area contributed by atoms with E-state index in [1.165, 1.54) is 11.4 Å². The van der Waals surface area contributed by atoms with Gasteiger partial charge in [0.25, 0.3) is 0 Å². The maximum Gasteiger partial charge on any atom is 0.249 e. The lowest BCUT2D eigenvalue weighted by atomic mass is 10.3. The molecule has 0 fully saturated rings. The smallest absolute Gasteiger partial charge is 0.249 e. The van der Waals surface area contributed by atoms with E-state index in [9.17, 15) is 13.2 Å². The zero-order chi connectivity index (χ0) is 9.35. The normalized spacial score (nSPS) is 11.4. The molecule has 0 aliphatic carbocycles. The molecule has 1 aromatic heterocycles. The number of carbonyl (C=O) groups excluding carboxylic acids is 1. The number of carbonyl (C=O) groups is 1. The topological polar surface area (TPSA) is 77.2 Å². The van der Waals surface area contributed by atoms with Crippen molar-refractivity contribution in [1.29, 1.82) is 0 Å². The Bertz CT molecular complexity index is 404. The standard InChI is InChI=1S/C6H7NO3S2/c1-12(9,10)5-2-4(3-11-5)6(7)8/h2-3H,1H3,(H2,7,8). The molecule has 0 saturated heterocycles. The molecule has 1 amide bonds. The molecular formula is C6H7NO3S2. The highest BCUT2D eigenvalue weighted by Crippen LogP contribution is 2.19. The quantitative estimate of drug-likeness (QED) is 0.751. The van der Waals surface area contributed by atoms with E-state index in [1.807, 2.05) is 0 Å². The highest BCUT2D eigenvalue weighted by atomic mass is 32.2. The Kier molecular flexibility index (Phi) is 2.20. The van der Waals surface area contributed by atoms with Crippen LogP contribution in [0.2, 0.25) is 0 Å². The van der Waals surface area contributed by atoms with Gasteiger partial charge in [-0.3, -0.25) is 4.79 Å². The number of hydrogen-bond acceptors (Lipinski definition) is 4. The van der Waals surface area contributed by atoms with Gasteiger partial charge >= 0.3 is 0 Å². The van der Waals surface area contributed by atoms with Crippen LogP contribution in [0, 0.1) is 0 Å². The van der Waals surface area contributed by atoms with Crippen molar-refractivity contribution in [2.75, 3.05) is 6.26 Å². The van der Waals surface area contributed by atoms with Crippen molar-refractivity contribution in [3.05, 3.63) is 17.0 Å². The first-order chi connectivity index (χ1) is 5.41. The van der Waals surface area contributed by atoms with Crippen molar-refractivity contribution in [3.8, 4) is 0 Å². The second-order valence-corrected chi connectivity index (χ2v) is 5.44. The predicted octanol–water partition coefficient (Wildman–Crippen LogP) is 0.251. The molecule has 0 unspecified atom stereocenters. The van der Waals surface area contributed by atoms with Gasteiger partial charge in [-0.25, -0.2) is 8.42 Å². The molecule has 66 valence electrons. The van der Waals surface area contributed by atoms with Crippen molar-refractivity contribution in [1.82, 2.24) is 0 Å². The van der Waals surface area contributed by atoms with Crippen LogP contribution in [0.5, 0.6) is 0 Å². The van der Waals surface area contributed by atoms with Gasteiger partial charge in [0, 0.05) is 11.6 Å². The molecule has 0 atom stereocenters. The summed E-state index contributed by atoms with van der Waals surface area (Å²) in [4.78, 5) is 10.6. The number of nitrogens with two attached hydrogens (primary N) is 1. The lowest BCUT2D eigenvalue weighted by Gasteiger charge is -1.88. The molecule has 4 nitrogen and oxygen atoms in total. The molecule has 0 radical (unpaired) electrons. The lowest BCUT2D eigenvalue weighted by Crippen LogP contribution is -2.09. The van der Waals surface area contributed by atoms with Crippen LogP contribution in [0.15, 0.2) is 15.7 Å². The minimum absolute atomic E-state index is 0.163. The Labute approximate surface area is 73.9 Å². The number of sulfone groups is 1. The maximum atomic E-state index is 10.9. The van der Waals surface area contributed by atoms with E-state index in [2.05, 4.69) is 0 Å². The summed E-state index contributed by atoms with van der Waals surface area (Å²) in [6.07, 6.45) is 1.09. The average Bonchev–Trinajstić information content (AvgIpc) is 2.30. The van der Waals surface area contributed by atoms with E-state index in [0.717, 1.165) is 17.6 Å². The molecule has 0 bridgehead atoms. The van der Waals surface area contributed by atoms with Crippen LogP contribution in [0.1, 0.15) is 10.4 Å². The maximum absolute atomic E-state index is 10.9. The second kappa shape index (κ2) is 2.87. The number of rotatable bonds is 2. The molecule has 0 spiro atoms. The molecule has 0 aliphatic rings. The molecular weight excluding hydrogens is 198 g/mol. The van der Waals surface area contributed by atoms with Gasteiger partial charge in [-0.15, -0.1) is 11.3 Å². The Hall–Kier alpha value is -0.880. The Morgan fingerprint density at radius 1 is 1.58 bits per heavy atom. The molecule has 2 N–H and O–H groups in total. The Balaban J connectivity index is 3.17. The zero-order valence-corrected chi connectivity index (χ0v) is 7.91. The van der Waals surface area contributed by atoms with Crippen LogP contribution >= 0.6 is 11.3 Å². The summed E-state index contributed by atoms with van der Waals surface area (Å²) in [7, 11) is -3.20. The zero-order valence-electron chi connectivity index (χ0n) is 6.27. The van der Waals surface area contributed by atoms with Crippen molar-refractivity contribution < 1.29 is 13.2 Å². The van der Waals surface area contributed by atoms with Gasteiger partial charge in [0.1, 0.15) is 4.21 Å². The van der Waals surface area contributed by atoms with Crippen LogP contribution in [0.3, 0.4) is 0 Å². The molecule has 1 heterocycles. The third-order valence-electron chi connectivity index (χ3n) is 1.23. The molecule has 6 heteroatoms. The van der Waals surface area contributed by atoms with Gasteiger partial charge < -0.3 is 5.73 Å². The fraction of sp³-hybridized carbons (Fsp3) is 0.167. The average molecular weight is 205 g/mol. The fourth-order valence-electron chi connectivity index (χ4n) is 0.640. The number of hydrogen-bond donors (Lipinski definition) is 1. The van der Waals surface area contributed by atoms with Crippen LogP contribution < -0.4 is 5.73 Å². The number of thiophene rings is 1. The minimum atomic E-state index is -3.20. The van der Waals surface area contributed by atoms with E-state index < -0.39 is 15.7 Å². The molecule has 1 aromatic rings. The summed E-state index contributed by atoms with van der Waals surface area (Å²) in [5.74, 6) is -0.610. The first kappa shape index (κ1) is 9.21. The molecule has 12 heavy (non-hydrogen) atoms. The highest BCUT2D eigenvalue weighted by molar-refractivity contribution is 7.92. The SMILES string of the molecule is CS(=O)(=O)c1cc(C(N)=O)cs1. The first-order valence-corrected chi connectivity index (χ1v) is 5.77. The Morgan fingerprint density at radius 3 is 2.42 bits per heavy atom. The summed E-state index contributed by atoms with van der Waals surface area (Å²) in [6, 6.07) is 1.28. The van der Waals surface area contributed by atoms with E-state index >= 15 is 0 Å². The molecule has 0 saturated carbocycles. The van der Waals surface area contributed by atoms with Gasteiger partial charge in [0.15, 0.2) is 9.84 Å². The number of primary amides is 1. The van der Waals surface area contributed by atoms with Gasteiger partial charge in [0.2, 0.25) is 5.91 Å². The van der Waals surface area contributed by atoms with E-state index in [0.29, 0.717) is 0 Å². The summed E-state index contributed by atoms with van der Waals surface area (Å²) < 4.78 is 22.0. The summed E-state index contributed by atoms with van der Waals surface area (Å²) in [6.45, 7) is 0. The predicted molar refractivity (Wildman–Crippen MR) is 45.9 cm³/mol. The van der Waals surface area contributed by atoms with Crippen molar-refractivity contribution in [2.45, 2.75) is 4.21 Å². The second-order valence-electron chi connectivity index (χ2n) is 2.29. The molecule has 0 aromatic carbocycles. The highest BCUT2D eigenvalue weighted by Gasteiger charge is 2.12. The van der Waals surface area contributed by atoms with Gasteiger partial charge in [-0.2, -0.15) is 0 Å². The first-order valence-electron chi connectivity index (χ1n) is 2.99. The largest absolute Gasteiger partial charge is 0.366 e. The van der Waals surface area contributed by atoms with E-state index in [-0.39, 0.29) is 9.77 Å². The fourth-order valence-corrected chi connectivity index (χ4v) is 2.45. The van der Waals surface area contributed by atoms with Gasteiger partial charge in [-0.05, 0) is 6.07 Å². The summed E-state index contributed by atoms with van der Waals surface area (Å²) >= 11 is 0.996. The third-order valence-corrected chi connectivity index (χ3v) is 3.99. The molecule has 1 rings (SSSR count). The van der Waals surface area contributed by atoms with Crippen molar-refractivity contribution >= 4 is 27.1 Å². The van der Waals surface area contributed by atoms with Gasteiger partial charge in [-0.1, -0.05) is 0 Å². The number of amides is 1. The van der Waals surface area contributed by atoms with Crippen LogP contribution in [0.25, 0.3) is 0 Å². The monoisotopic (exact) mass is 205 g/mol. The third kappa shape index (κ3) is 1.83. The molecule has 0 aliphatic heterocycles. The van der Waals surface area contributed by atoms with Crippen LogP contribution in [-0.4, -0.2) is 20.6 Å². The van der Waals surface area contributed by atoms with Crippen molar-refractivity contribution in [2.24, 2.45) is 5.73 Å². The van der Waals surface area contributed by atoms with E-state index in [1.54, 1.807) is 0 Å². The van der Waals surface area contributed by atoms with Crippen LogP contribution in [0.4, 0.5) is 0 Å². The van der Waals surface area contributed by atoms with Crippen LogP contribution in [-0.2, 0) is 9.84 Å². The van der Waals surface area contributed by atoms with E-state index in [4.69, 9.17) is 5.73 Å². The van der Waals surface area contributed by atoms with Gasteiger partial charge in [0.05, 0.1) is 5.56 Å². The minimum Gasteiger partial charge on any atom is -0.366 e.